The van der Waals surface area contributed by atoms with Crippen molar-refractivity contribution >= 4 is 50.1 Å². The summed E-state index contributed by atoms with van der Waals surface area (Å²) < 4.78 is 40.7. The second-order valence-electron chi connectivity index (χ2n) is 9.23. The third-order valence-electron chi connectivity index (χ3n) is 6.19. The molecule has 0 unspecified atom stereocenters. The average Bonchev–Trinajstić information content (AvgIpc) is 3.48. The highest BCUT2D eigenvalue weighted by Crippen LogP contribution is 2.30. The molecule has 0 radical (unpaired) electrons. The zero-order valence-corrected chi connectivity index (χ0v) is 24.7. The van der Waals surface area contributed by atoms with Crippen LogP contribution in [0.1, 0.15) is 29.8 Å². The summed E-state index contributed by atoms with van der Waals surface area (Å²) >= 11 is 1.36. The van der Waals surface area contributed by atoms with E-state index in [1.807, 2.05) is 0 Å². The molecule has 0 saturated carbocycles. The Labute approximate surface area is 250 Å². The van der Waals surface area contributed by atoms with Gasteiger partial charge in [0.2, 0.25) is 21.5 Å². The number of esters is 1. The van der Waals surface area contributed by atoms with Gasteiger partial charge >= 0.3 is 11.9 Å². The lowest BCUT2D eigenvalue weighted by atomic mass is 10.0. The van der Waals surface area contributed by atoms with Crippen LogP contribution in [0.5, 0.6) is 5.75 Å². The molecule has 0 aliphatic heterocycles. The number of benzene rings is 2. The van der Waals surface area contributed by atoms with Crippen LogP contribution in [-0.2, 0) is 35.7 Å². The van der Waals surface area contributed by atoms with E-state index >= 15 is 0 Å². The van der Waals surface area contributed by atoms with Gasteiger partial charge in [-0.2, -0.15) is 4.72 Å². The molecular formula is C29H29N3O9S2. The molecule has 4 aromatic rings. The molecule has 12 nitrogen and oxygen atoms in total. The largest absolute Gasteiger partial charge is 0.493 e. The summed E-state index contributed by atoms with van der Waals surface area (Å²) in [5.41, 5.74) is 0.193. The molecule has 2 aromatic carbocycles. The molecule has 1 atom stereocenters. The standard InChI is InChI=1S/C29H29N3O9S2/c1-2-40-27(36)18-32(17-20-6-5-15-42-20)29(37)28(22-7-3-4-8-24(22)41-14-13-26(34)35)31-43(38,39)21-10-11-23-19(16-21)9-12-25(33)30-23/h3-12,15-16,28,31H,2,13-14,17-18H2,1H3,(H,30,33)(H,34,35)/t28-/m1/s1. The number of carbonyl (C=O) groups is 3. The first kappa shape index (κ1) is 31.4. The highest BCUT2D eigenvalue weighted by Gasteiger charge is 2.34. The van der Waals surface area contributed by atoms with Gasteiger partial charge < -0.3 is 24.5 Å². The number of sulfonamides is 1. The minimum Gasteiger partial charge on any atom is -0.493 e. The van der Waals surface area contributed by atoms with Gasteiger partial charge in [-0.05, 0) is 54.1 Å². The van der Waals surface area contributed by atoms with E-state index < -0.39 is 40.5 Å². The van der Waals surface area contributed by atoms with Crippen LogP contribution < -0.4 is 15.0 Å². The SMILES string of the molecule is CCOC(=O)CN(Cc1cccs1)C(=O)[C@H](NS(=O)(=O)c1ccc2[nH]c(=O)ccc2c1)c1ccccc1OCCC(=O)O. The first-order valence-corrected chi connectivity index (χ1v) is 15.5. The van der Waals surface area contributed by atoms with Crippen LogP contribution >= 0.6 is 11.3 Å². The molecular weight excluding hydrogens is 598 g/mol. The number of para-hydroxylation sites is 1. The lowest BCUT2D eigenvalue weighted by Gasteiger charge is -2.28. The van der Waals surface area contributed by atoms with Crippen molar-refractivity contribution in [2.75, 3.05) is 19.8 Å². The Hall–Kier alpha value is -4.53. The molecule has 3 N–H and O–H groups in total. The Bertz CT molecular complexity index is 1770. The number of carbonyl (C=O) groups excluding carboxylic acids is 2. The van der Waals surface area contributed by atoms with Gasteiger partial charge in [-0.25, -0.2) is 8.42 Å². The number of H-pyrrole nitrogens is 1. The van der Waals surface area contributed by atoms with Crippen LogP contribution in [0.15, 0.2) is 81.8 Å². The van der Waals surface area contributed by atoms with Crippen molar-refractivity contribution in [3.05, 3.63) is 92.9 Å². The summed E-state index contributed by atoms with van der Waals surface area (Å²) in [5.74, 6) is -2.44. The molecule has 0 aliphatic carbocycles. The number of nitrogens with zero attached hydrogens (tertiary/aromatic N) is 1. The molecule has 14 heteroatoms. The summed E-state index contributed by atoms with van der Waals surface area (Å²) in [6.07, 6.45) is -0.328. The number of nitrogens with one attached hydrogen (secondary N) is 2. The Morgan fingerprint density at radius 3 is 2.58 bits per heavy atom. The van der Waals surface area contributed by atoms with E-state index in [1.165, 1.54) is 58.7 Å². The summed E-state index contributed by atoms with van der Waals surface area (Å²) in [7, 11) is -4.39. The first-order chi connectivity index (χ1) is 20.6. The summed E-state index contributed by atoms with van der Waals surface area (Å²) in [6.45, 7) is 1.03. The van der Waals surface area contributed by atoms with Crippen LogP contribution in [0, 0.1) is 0 Å². The number of aromatic nitrogens is 1. The molecule has 2 heterocycles. The molecule has 0 bridgehead atoms. The van der Waals surface area contributed by atoms with E-state index in [2.05, 4.69) is 9.71 Å². The Morgan fingerprint density at radius 1 is 1.07 bits per heavy atom. The number of hydrogen-bond acceptors (Lipinski definition) is 9. The van der Waals surface area contributed by atoms with Crippen molar-refractivity contribution < 1.29 is 37.4 Å². The van der Waals surface area contributed by atoms with Crippen LogP contribution in [-0.4, -0.2) is 61.0 Å². The topological polar surface area (TPSA) is 172 Å². The van der Waals surface area contributed by atoms with Gasteiger partial charge in [0.15, 0.2) is 0 Å². The van der Waals surface area contributed by atoms with Gasteiger partial charge in [-0.3, -0.25) is 19.2 Å². The number of aliphatic carboxylic acids is 1. The lowest BCUT2D eigenvalue weighted by Crippen LogP contribution is -2.44. The van der Waals surface area contributed by atoms with Crippen molar-refractivity contribution in [1.29, 1.82) is 0 Å². The predicted molar refractivity (Wildman–Crippen MR) is 158 cm³/mol. The maximum atomic E-state index is 14.2. The molecule has 4 rings (SSSR count). The molecule has 0 spiro atoms. The maximum Gasteiger partial charge on any atom is 0.325 e. The van der Waals surface area contributed by atoms with Gasteiger partial charge in [0, 0.05) is 22.0 Å². The number of thiophene rings is 1. The molecule has 0 fully saturated rings. The van der Waals surface area contributed by atoms with Gasteiger partial charge in [0.05, 0.1) is 31.1 Å². The number of pyridine rings is 1. The number of carboxylic acid groups (broad SMARTS) is 1. The smallest absolute Gasteiger partial charge is 0.325 e. The number of aromatic amines is 1. The zero-order valence-electron chi connectivity index (χ0n) is 23.0. The fraction of sp³-hybridized carbons (Fsp3) is 0.241. The Morgan fingerprint density at radius 2 is 1.86 bits per heavy atom. The number of carboxylic acids is 1. The van der Waals surface area contributed by atoms with Crippen LogP contribution in [0.4, 0.5) is 0 Å². The van der Waals surface area contributed by atoms with E-state index in [0.29, 0.717) is 10.9 Å². The average molecular weight is 628 g/mol. The molecule has 1 amide bonds. The fourth-order valence-electron chi connectivity index (χ4n) is 4.22. The Kier molecular flexibility index (Phi) is 10.3. The second kappa shape index (κ2) is 14.1. The highest BCUT2D eigenvalue weighted by atomic mass is 32.2. The van der Waals surface area contributed by atoms with Crippen molar-refractivity contribution in [1.82, 2.24) is 14.6 Å². The minimum absolute atomic E-state index is 0.00107. The van der Waals surface area contributed by atoms with Crippen LogP contribution in [0.25, 0.3) is 10.9 Å². The third kappa shape index (κ3) is 8.28. The molecule has 43 heavy (non-hydrogen) atoms. The van der Waals surface area contributed by atoms with Gasteiger partial charge in [0.1, 0.15) is 18.3 Å². The number of fused-ring (bicyclic) bond motifs is 1. The van der Waals surface area contributed by atoms with Crippen molar-refractivity contribution in [2.45, 2.75) is 30.8 Å². The van der Waals surface area contributed by atoms with E-state index in [1.54, 1.807) is 36.6 Å². The van der Waals surface area contributed by atoms with E-state index in [4.69, 9.17) is 14.6 Å². The minimum atomic E-state index is -4.39. The summed E-state index contributed by atoms with van der Waals surface area (Å²) in [4.78, 5) is 53.9. The van der Waals surface area contributed by atoms with Gasteiger partial charge in [0.25, 0.3) is 0 Å². The predicted octanol–water partition coefficient (Wildman–Crippen LogP) is 3.05. The van der Waals surface area contributed by atoms with E-state index in [0.717, 1.165) is 4.88 Å². The molecule has 2 aromatic heterocycles. The van der Waals surface area contributed by atoms with E-state index in [-0.39, 0.29) is 47.9 Å². The summed E-state index contributed by atoms with van der Waals surface area (Å²) in [5, 5.41) is 11.3. The van der Waals surface area contributed by atoms with Crippen molar-refractivity contribution in [2.24, 2.45) is 0 Å². The molecule has 0 aliphatic rings. The number of rotatable bonds is 14. The number of ether oxygens (including phenoxy) is 2. The second-order valence-corrected chi connectivity index (χ2v) is 12.0. The van der Waals surface area contributed by atoms with Gasteiger partial charge in [-0.1, -0.05) is 24.3 Å². The fourth-order valence-corrected chi connectivity index (χ4v) is 6.14. The monoisotopic (exact) mass is 627 g/mol. The number of hydrogen-bond donors (Lipinski definition) is 3. The molecule has 0 saturated heterocycles. The van der Waals surface area contributed by atoms with Crippen LogP contribution in [0.2, 0.25) is 0 Å². The maximum absolute atomic E-state index is 14.2. The van der Waals surface area contributed by atoms with Crippen LogP contribution in [0.3, 0.4) is 0 Å². The van der Waals surface area contributed by atoms with Crippen molar-refractivity contribution in [3.8, 4) is 5.75 Å². The number of amides is 1. The lowest BCUT2D eigenvalue weighted by molar-refractivity contribution is -0.149. The van der Waals surface area contributed by atoms with Gasteiger partial charge in [-0.15, -0.1) is 11.3 Å². The normalized spacial score (nSPS) is 12.0. The highest BCUT2D eigenvalue weighted by molar-refractivity contribution is 7.89. The zero-order chi connectivity index (χ0) is 31.0. The third-order valence-corrected chi connectivity index (χ3v) is 8.47. The summed E-state index contributed by atoms with van der Waals surface area (Å²) in [6, 6.07) is 15.0. The Balaban J connectivity index is 1.77. The quantitative estimate of drug-likeness (QED) is 0.178. The first-order valence-electron chi connectivity index (χ1n) is 13.1. The van der Waals surface area contributed by atoms with Crippen molar-refractivity contribution in [3.63, 3.8) is 0 Å². The van der Waals surface area contributed by atoms with E-state index in [9.17, 15) is 27.6 Å². The molecule has 226 valence electrons.